The molecule has 1 aromatic rings. The highest BCUT2D eigenvalue weighted by Gasteiger charge is 2.26. The molecular formula is C19H29N5O4S2. The van der Waals surface area contributed by atoms with Crippen LogP contribution < -0.4 is 26.6 Å². The summed E-state index contributed by atoms with van der Waals surface area (Å²) in [4.78, 5) is 23.8. The Kier molecular flexibility index (Phi) is 9.00. The number of primary amides is 1. The molecule has 30 heavy (non-hydrogen) atoms. The van der Waals surface area contributed by atoms with E-state index >= 15 is 0 Å². The van der Waals surface area contributed by atoms with E-state index < -0.39 is 27.9 Å². The van der Waals surface area contributed by atoms with Gasteiger partial charge >= 0.3 is 0 Å². The molecule has 0 aliphatic heterocycles. The predicted octanol–water partition coefficient (Wildman–Crippen LogP) is 0.735. The number of nitrogens with two attached hydrogens (primary N) is 1. The molecule has 1 aliphatic rings. The van der Waals surface area contributed by atoms with Crippen LogP contribution >= 0.6 is 12.2 Å². The summed E-state index contributed by atoms with van der Waals surface area (Å²) in [6.45, 7) is 1.84. The van der Waals surface area contributed by atoms with Crippen molar-refractivity contribution in [3.05, 3.63) is 29.8 Å². The number of amides is 2. The summed E-state index contributed by atoms with van der Waals surface area (Å²) in [5, 5.41) is 3.39. The third-order valence-corrected chi connectivity index (χ3v) is 6.57. The van der Waals surface area contributed by atoms with Crippen LogP contribution in [-0.2, 0) is 19.6 Å². The topological polar surface area (TPSA) is 142 Å². The highest BCUT2D eigenvalue weighted by molar-refractivity contribution is 7.89. The van der Waals surface area contributed by atoms with E-state index in [4.69, 9.17) is 18.0 Å². The molecule has 0 saturated heterocycles. The second-order valence-electron chi connectivity index (χ2n) is 7.41. The molecular weight excluding hydrogens is 426 g/mol. The van der Waals surface area contributed by atoms with E-state index in [1.54, 1.807) is 12.1 Å². The van der Waals surface area contributed by atoms with E-state index in [0.717, 1.165) is 31.2 Å². The van der Waals surface area contributed by atoms with E-state index in [-0.39, 0.29) is 28.9 Å². The van der Waals surface area contributed by atoms with Gasteiger partial charge in [0.1, 0.15) is 6.04 Å². The second kappa shape index (κ2) is 11.2. The minimum absolute atomic E-state index is 0.0208. The maximum atomic E-state index is 12.6. The van der Waals surface area contributed by atoms with E-state index in [0.29, 0.717) is 0 Å². The number of hydrazine groups is 1. The fraction of sp³-hybridized carbons (Fsp3) is 0.526. The zero-order valence-electron chi connectivity index (χ0n) is 16.9. The van der Waals surface area contributed by atoms with Crippen molar-refractivity contribution in [3.63, 3.8) is 0 Å². The van der Waals surface area contributed by atoms with Crippen molar-refractivity contribution < 1.29 is 18.0 Å². The first kappa shape index (κ1) is 24.0. The maximum absolute atomic E-state index is 12.6. The summed E-state index contributed by atoms with van der Waals surface area (Å²) in [6, 6.07) is 5.26. The van der Waals surface area contributed by atoms with Crippen LogP contribution in [0.1, 0.15) is 50.5 Å². The normalized spacial score (nSPS) is 15.8. The molecule has 1 aromatic carbocycles. The molecule has 166 valence electrons. The van der Waals surface area contributed by atoms with Gasteiger partial charge in [-0.2, -0.15) is 4.72 Å². The quantitative estimate of drug-likeness (QED) is 0.287. The third-order valence-electron chi connectivity index (χ3n) is 4.86. The number of carbonyl (C=O) groups excluding carboxylic acids is 2. The Balaban J connectivity index is 1.98. The highest BCUT2D eigenvalue weighted by atomic mass is 32.2. The Morgan fingerprint density at radius 1 is 1.13 bits per heavy atom. The number of aryl methyl sites for hydroxylation is 1. The number of nitrogens with one attached hydrogen (secondary N) is 4. The molecule has 0 radical (unpaired) electrons. The lowest BCUT2D eigenvalue weighted by molar-refractivity contribution is -0.123. The Morgan fingerprint density at radius 3 is 2.37 bits per heavy atom. The number of carbonyl (C=O) groups is 2. The molecule has 9 nitrogen and oxygen atoms in total. The second-order valence-corrected chi connectivity index (χ2v) is 9.54. The van der Waals surface area contributed by atoms with Gasteiger partial charge in [0, 0.05) is 12.5 Å². The molecule has 0 heterocycles. The minimum atomic E-state index is -3.97. The van der Waals surface area contributed by atoms with Gasteiger partial charge in [-0.3, -0.25) is 20.4 Å². The van der Waals surface area contributed by atoms with Crippen LogP contribution in [0.25, 0.3) is 0 Å². The lowest BCUT2D eigenvalue weighted by Crippen LogP contribution is -2.55. The van der Waals surface area contributed by atoms with Crippen LogP contribution in [0.5, 0.6) is 0 Å². The van der Waals surface area contributed by atoms with Gasteiger partial charge in [0.05, 0.1) is 4.90 Å². The number of hydrogen-bond donors (Lipinski definition) is 5. The van der Waals surface area contributed by atoms with Crippen LogP contribution in [-0.4, -0.2) is 37.4 Å². The number of thiocarbonyl (C=S) groups is 1. The lowest BCUT2D eigenvalue weighted by atomic mass is 9.96. The van der Waals surface area contributed by atoms with E-state index in [2.05, 4.69) is 20.9 Å². The van der Waals surface area contributed by atoms with Crippen LogP contribution in [0.15, 0.2) is 29.2 Å². The zero-order chi connectivity index (χ0) is 22.1. The molecule has 0 spiro atoms. The summed E-state index contributed by atoms with van der Waals surface area (Å²) in [7, 11) is -3.97. The van der Waals surface area contributed by atoms with Gasteiger partial charge in [0.25, 0.3) is 5.91 Å². The summed E-state index contributed by atoms with van der Waals surface area (Å²) >= 11 is 5.19. The predicted molar refractivity (Wildman–Crippen MR) is 118 cm³/mol. The molecule has 0 bridgehead atoms. The van der Waals surface area contributed by atoms with Gasteiger partial charge in [-0.1, -0.05) is 37.0 Å². The van der Waals surface area contributed by atoms with E-state index in [9.17, 15) is 18.0 Å². The molecule has 11 heteroatoms. The lowest BCUT2D eigenvalue weighted by Gasteiger charge is -2.25. The number of hydrogen-bond acceptors (Lipinski definition) is 5. The first-order valence-corrected chi connectivity index (χ1v) is 11.8. The molecule has 1 aliphatic carbocycles. The van der Waals surface area contributed by atoms with Crippen LogP contribution in [0, 0.1) is 6.92 Å². The monoisotopic (exact) mass is 455 g/mol. The first-order chi connectivity index (χ1) is 14.2. The summed E-state index contributed by atoms with van der Waals surface area (Å²) in [6.07, 6.45) is 5.24. The van der Waals surface area contributed by atoms with Crippen LogP contribution in [0.4, 0.5) is 0 Å². The van der Waals surface area contributed by atoms with Gasteiger partial charge in [0.2, 0.25) is 15.9 Å². The van der Waals surface area contributed by atoms with Crippen molar-refractivity contribution in [3.8, 4) is 0 Å². The number of sulfonamides is 1. The van der Waals surface area contributed by atoms with Crippen molar-refractivity contribution in [2.24, 2.45) is 5.73 Å². The SMILES string of the molecule is Cc1ccc(S(=O)(=O)N[C@H](CCC(N)=O)C(=O)NNC(=S)NC2CCCCC2)cc1. The fourth-order valence-electron chi connectivity index (χ4n) is 3.18. The van der Waals surface area contributed by atoms with Gasteiger partial charge < -0.3 is 11.1 Å². The van der Waals surface area contributed by atoms with E-state index in [1.165, 1.54) is 18.6 Å². The van der Waals surface area contributed by atoms with Gasteiger partial charge in [-0.25, -0.2) is 8.42 Å². The van der Waals surface area contributed by atoms with Crippen molar-refractivity contribution >= 4 is 39.2 Å². The largest absolute Gasteiger partial charge is 0.370 e. The summed E-state index contributed by atoms with van der Waals surface area (Å²) < 4.78 is 27.6. The zero-order valence-corrected chi connectivity index (χ0v) is 18.6. The van der Waals surface area contributed by atoms with Crippen LogP contribution in [0.3, 0.4) is 0 Å². The average Bonchev–Trinajstić information content (AvgIpc) is 2.70. The summed E-state index contributed by atoms with van der Waals surface area (Å²) in [5.41, 5.74) is 11.1. The average molecular weight is 456 g/mol. The Morgan fingerprint density at radius 2 is 1.77 bits per heavy atom. The minimum Gasteiger partial charge on any atom is -0.370 e. The van der Waals surface area contributed by atoms with Gasteiger partial charge in [-0.15, -0.1) is 0 Å². The van der Waals surface area contributed by atoms with Crippen molar-refractivity contribution in [2.45, 2.75) is 68.8 Å². The highest BCUT2D eigenvalue weighted by Crippen LogP contribution is 2.17. The molecule has 2 rings (SSSR count). The number of rotatable bonds is 8. The van der Waals surface area contributed by atoms with Gasteiger partial charge in [0.15, 0.2) is 5.11 Å². The molecule has 0 aromatic heterocycles. The Hall–Kier alpha value is -2.24. The standard InChI is InChI=1S/C19H29N5O4S2/c1-13-7-9-15(10-8-13)30(27,28)24-16(11-12-17(20)25)18(26)22-23-19(29)21-14-5-3-2-4-6-14/h7-10,14,16,24H,2-6,11-12H2,1H3,(H2,20,25)(H,22,26)(H2,21,23,29)/t16-/m1/s1. The Bertz CT molecular complexity index is 852. The fourth-order valence-corrected chi connectivity index (χ4v) is 4.62. The van der Waals surface area contributed by atoms with Crippen LogP contribution in [0.2, 0.25) is 0 Å². The molecule has 1 saturated carbocycles. The van der Waals surface area contributed by atoms with E-state index in [1.807, 2.05) is 6.92 Å². The van der Waals surface area contributed by atoms with Crippen molar-refractivity contribution in [1.82, 2.24) is 20.9 Å². The summed E-state index contributed by atoms with van der Waals surface area (Å²) in [5.74, 6) is -1.30. The molecule has 2 amide bonds. The molecule has 6 N–H and O–H groups in total. The Labute approximate surface area is 182 Å². The molecule has 1 fully saturated rings. The number of benzene rings is 1. The molecule has 0 unspecified atom stereocenters. The molecule has 1 atom stereocenters. The maximum Gasteiger partial charge on any atom is 0.256 e. The van der Waals surface area contributed by atoms with Crippen molar-refractivity contribution in [2.75, 3.05) is 0 Å². The first-order valence-electron chi connectivity index (χ1n) is 9.91. The smallest absolute Gasteiger partial charge is 0.256 e. The third kappa shape index (κ3) is 7.88. The van der Waals surface area contributed by atoms with Crippen molar-refractivity contribution in [1.29, 1.82) is 0 Å². The van der Waals surface area contributed by atoms with Gasteiger partial charge in [-0.05, 0) is 50.5 Å².